The quantitative estimate of drug-likeness (QED) is 0.794. The molecule has 0 unspecified atom stereocenters. The van der Waals surface area contributed by atoms with Crippen LogP contribution in [0.25, 0.3) is 0 Å². The van der Waals surface area contributed by atoms with Crippen molar-refractivity contribution in [2.24, 2.45) is 11.1 Å². The molecule has 130 valence electrons. The van der Waals surface area contributed by atoms with Gasteiger partial charge >= 0.3 is 0 Å². The van der Waals surface area contributed by atoms with Gasteiger partial charge in [0.05, 0.1) is 12.0 Å². The molecule has 1 aliphatic heterocycles. The monoisotopic (exact) mass is 342 g/mol. The third kappa shape index (κ3) is 5.09. The summed E-state index contributed by atoms with van der Waals surface area (Å²) in [7, 11) is 0. The first-order valence-electron chi connectivity index (χ1n) is 7.98. The molecule has 6 heteroatoms. The summed E-state index contributed by atoms with van der Waals surface area (Å²) < 4.78 is 10.9. The van der Waals surface area contributed by atoms with E-state index in [1.807, 2.05) is 31.2 Å². The summed E-state index contributed by atoms with van der Waals surface area (Å²) in [6.45, 7) is 4.78. The predicted molar refractivity (Wildman–Crippen MR) is 93.1 cm³/mol. The first-order chi connectivity index (χ1) is 10.7. The fourth-order valence-electron chi connectivity index (χ4n) is 2.79. The Balaban J connectivity index is 0.00000264. The van der Waals surface area contributed by atoms with Crippen molar-refractivity contribution in [3.63, 3.8) is 0 Å². The van der Waals surface area contributed by atoms with Gasteiger partial charge < -0.3 is 20.5 Å². The van der Waals surface area contributed by atoms with Crippen molar-refractivity contribution in [3.8, 4) is 5.75 Å². The highest BCUT2D eigenvalue weighted by molar-refractivity contribution is 5.85. The van der Waals surface area contributed by atoms with Crippen molar-refractivity contribution in [2.75, 3.05) is 32.9 Å². The molecule has 1 saturated heterocycles. The minimum absolute atomic E-state index is 0. The van der Waals surface area contributed by atoms with E-state index in [1.165, 1.54) is 0 Å². The third-order valence-electron chi connectivity index (χ3n) is 4.27. The number of carbonyl (C=O) groups excluding carboxylic acids is 1. The summed E-state index contributed by atoms with van der Waals surface area (Å²) in [5, 5.41) is 3.03. The Kier molecular flexibility index (Phi) is 8.37. The van der Waals surface area contributed by atoms with Gasteiger partial charge in [0.2, 0.25) is 5.91 Å². The number of benzene rings is 1. The van der Waals surface area contributed by atoms with Crippen LogP contribution in [0.1, 0.15) is 25.3 Å². The smallest absolute Gasteiger partial charge is 0.227 e. The summed E-state index contributed by atoms with van der Waals surface area (Å²) in [6.07, 6.45) is 2.15. The normalized spacial score (nSPS) is 16.3. The Morgan fingerprint density at radius 3 is 2.70 bits per heavy atom. The van der Waals surface area contributed by atoms with Crippen molar-refractivity contribution < 1.29 is 14.3 Å². The van der Waals surface area contributed by atoms with E-state index in [0.717, 1.165) is 17.7 Å². The van der Waals surface area contributed by atoms with Gasteiger partial charge in [0.15, 0.2) is 0 Å². The predicted octanol–water partition coefficient (Wildman–Crippen LogP) is 1.92. The first-order valence-corrected chi connectivity index (χ1v) is 7.98. The van der Waals surface area contributed by atoms with E-state index in [-0.39, 0.29) is 18.3 Å². The van der Waals surface area contributed by atoms with Crippen LogP contribution in [-0.4, -0.2) is 38.8 Å². The molecule has 1 heterocycles. The zero-order chi connectivity index (χ0) is 15.8. The van der Waals surface area contributed by atoms with Crippen LogP contribution in [0.4, 0.5) is 0 Å². The van der Waals surface area contributed by atoms with Crippen LogP contribution in [0.5, 0.6) is 5.75 Å². The highest BCUT2D eigenvalue weighted by Gasteiger charge is 2.38. The molecule has 5 nitrogen and oxygen atoms in total. The maximum absolute atomic E-state index is 12.5. The number of ether oxygens (including phenoxy) is 2. The van der Waals surface area contributed by atoms with Gasteiger partial charge in [0.25, 0.3) is 0 Å². The Labute approximate surface area is 144 Å². The van der Waals surface area contributed by atoms with Crippen LogP contribution >= 0.6 is 12.4 Å². The Bertz CT molecular complexity index is 490. The number of rotatable bonds is 7. The molecule has 1 amide bonds. The van der Waals surface area contributed by atoms with Crippen molar-refractivity contribution >= 4 is 18.3 Å². The SMILES string of the molecule is CCOc1ccccc1CCNC(=O)C1(CN)CCOCC1.Cl. The van der Waals surface area contributed by atoms with E-state index in [4.69, 9.17) is 15.2 Å². The number of hydrogen-bond acceptors (Lipinski definition) is 4. The van der Waals surface area contributed by atoms with Gasteiger partial charge in [0, 0.05) is 26.3 Å². The number of nitrogens with two attached hydrogens (primary N) is 1. The van der Waals surface area contributed by atoms with Crippen LogP contribution in [-0.2, 0) is 16.0 Å². The van der Waals surface area contributed by atoms with E-state index in [1.54, 1.807) is 0 Å². The van der Waals surface area contributed by atoms with E-state index in [0.29, 0.717) is 45.8 Å². The van der Waals surface area contributed by atoms with Crippen LogP contribution in [0, 0.1) is 5.41 Å². The minimum Gasteiger partial charge on any atom is -0.494 e. The lowest BCUT2D eigenvalue weighted by molar-refractivity contribution is -0.135. The molecule has 0 aliphatic carbocycles. The van der Waals surface area contributed by atoms with Gasteiger partial charge in [-0.15, -0.1) is 12.4 Å². The lowest BCUT2D eigenvalue weighted by atomic mass is 9.79. The number of nitrogens with one attached hydrogen (secondary N) is 1. The Hall–Kier alpha value is -1.30. The van der Waals surface area contributed by atoms with Gasteiger partial charge in [-0.3, -0.25) is 4.79 Å². The lowest BCUT2D eigenvalue weighted by Gasteiger charge is -2.34. The molecular weight excluding hydrogens is 316 g/mol. The molecule has 0 radical (unpaired) electrons. The van der Waals surface area contributed by atoms with E-state index < -0.39 is 5.41 Å². The zero-order valence-electron chi connectivity index (χ0n) is 13.7. The van der Waals surface area contributed by atoms with Crippen LogP contribution in [0.15, 0.2) is 24.3 Å². The summed E-state index contributed by atoms with van der Waals surface area (Å²) >= 11 is 0. The largest absolute Gasteiger partial charge is 0.494 e. The van der Waals surface area contributed by atoms with Gasteiger partial charge in [0.1, 0.15) is 5.75 Å². The van der Waals surface area contributed by atoms with E-state index in [2.05, 4.69) is 5.32 Å². The topological polar surface area (TPSA) is 73.6 Å². The van der Waals surface area contributed by atoms with Crippen LogP contribution in [0.3, 0.4) is 0 Å². The summed E-state index contributed by atoms with van der Waals surface area (Å²) in [5.74, 6) is 0.936. The number of carbonyl (C=O) groups is 1. The molecular formula is C17H27ClN2O3. The van der Waals surface area contributed by atoms with E-state index in [9.17, 15) is 4.79 Å². The number of para-hydroxylation sites is 1. The molecule has 23 heavy (non-hydrogen) atoms. The molecule has 0 atom stereocenters. The second-order valence-electron chi connectivity index (χ2n) is 5.64. The van der Waals surface area contributed by atoms with Crippen molar-refractivity contribution in [1.82, 2.24) is 5.32 Å². The maximum Gasteiger partial charge on any atom is 0.227 e. The fourth-order valence-corrected chi connectivity index (χ4v) is 2.79. The molecule has 0 aromatic heterocycles. The molecule has 1 aromatic rings. The zero-order valence-corrected chi connectivity index (χ0v) is 14.5. The van der Waals surface area contributed by atoms with Gasteiger partial charge in [-0.1, -0.05) is 18.2 Å². The molecule has 1 aliphatic rings. The van der Waals surface area contributed by atoms with Crippen molar-refractivity contribution in [2.45, 2.75) is 26.2 Å². The molecule has 0 bridgehead atoms. The number of hydrogen-bond donors (Lipinski definition) is 2. The number of halogens is 1. The van der Waals surface area contributed by atoms with Gasteiger partial charge in [-0.25, -0.2) is 0 Å². The average molecular weight is 343 g/mol. The minimum atomic E-state index is -0.461. The van der Waals surface area contributed by atoms with Crippen LogP contribution < -0.4 is 15.8 Å². The second kappa shape index (κ2) is 9.75. The van der Waals surface area contributed by atoms with E-state index >= 15 is 0 Å². The lowest BCUT2D eigenvalue weighted by Crippen LogP contribution is -2.49. The first kappa shape index (κ1) is 19.7. The van der Waals surface area contributed by atoms with Crippen molar-refractivity contribution in [1.29, 1.82) is 0 Å². The Morgan fingerprint density at radius 1 is 1.35 bits per heavy atom. The molecule has 2 rings (SSSR count). The fraction of sp³-hybridized carbons (Fsp3) is 0.588. The molecule has 3 N–H and O–H groups in total. The highest BCUT2D eigenvalue weighted by Crippen LogP contribution is 2.29. The molecule has 1 fully saturated rings. The third-order valence-corrected chi connectivity index (χ3v) is 4.27. The second-order valence-corrected chi connectivity index (χ2v) is 5.64. The number of amides is 1. The van der Waals surface area contributed by atoms with Gasteiger partial charge in [-0.05, 0) is 37.8 Å². The van der Waals surface area contributed by atoms with Gasteiger partial charge in [-0.2, -0.15) is 0 Å². The molecule has 0 spiro atoms. The average Bonchev–Trinajstić information content (AvgIpc) is 2.57. The standard InChI is InChI=1S/C17H26N2O3.ClH/c1-2-22-15-6-4-3-5-14(15)7-10-19-16(20)17(13-18)8-11-21-12-9-17;/h3-6H,2,7-13,18H2,1H3,(H,19,20);1H. The maximum atomic E-state index is 12.5. The summed E-state index contributed by atoms with van der Waals surface area (Å²) in [6, 6.07) is 7.93. The van der Waals surface area contributed by atoms with Crippen molar-refractivity contribution in [3.05, 3.63) is 29.8 Å². The molecule has 0 saturated carbocycles. The molecule has 1 aromatic carbocycles. The summed E-state index contributed by atoms with van der Waals surface area (Å²) in [5.41, 5.74) is 6.50. The Morgan fingerprint density at radius 2 is 2.04 bits per heavy atom. The van der Waals surface area contributed by atoms with Crippen LogP contribution in [0.2, 0.25) is 0 Å². The highest BCUT2D eigenvalue weighted by atomic mass is 35.5. The summed E-state index contributed by atoms with van der Waals surface area (Å²) in [4.78, 5) is 12.5.